The van der Waals surface area contributed by atoms with E-state index < -0.39 is 11.4 Å². The molecule has 3 rings (SSSR count). The van der Waals surface area contributed by atoms with Crippen molar-refractivity contribution in [3.05, 3.63) is 45.5 Å². The fraction of sp³-hybridized carbons (Fsp3) is 0.389. The van der Waals surface area contributed by atoms with Gasteiger partial charge in [0, 0.05) is 12.2 Å². The molecule has 0 spiro atoms. The average Bonchev–Trinajstić information content (AvgIpc) is 3.14. The van der Waals surface area contributed by atoms with Crippen LogP contribution in [0.3, 0.4) is 0 Å². The van der Waals surface area contributed by atoms with E-state index in [2.05, 4.69) is 9.97 Å². The minimum Gasteiger partial charge on any atom is -0.376 e. The van der Waals surface area contributed by atoms with Crippen molar-refractivity contribution in [2.75, 3.05) is 19.5 Å². The Labute approximate surface area is 154 Å². The molecule has 0 saturated carbocycles. The molecule has 6 nitrogen and oxygen atoms in total. The number of aromatic amines is 1. The van der Waals surface area contributed by atoms with Crippen molar-refractivity contribution in [3.63, 3.8) is 0 Å². The van der Waals surface area contributed by atoms with Gasteiger partial charge >= 0.3 is 0 Å². The number of rotatable bonds is 6. The van der Waals surface area contributed by atoms with Gasteiger partial charge in [-0.1, -0.05) is 11.8 Å². The third-order valence-electron chi connectivity index (χ3n) is 4.11. The predicted octanol–water partition coefficient (Wildman–Crippen LogP) is 2.87. The molecule has 0 bridgehead atoms. The second kappa shape index (κ2) is 8.45. The predicted molar refractivity (Wildman–Crippen MR) is 95.4 cm³/mol. The van der Waals surface area contributed by atoms with Crippen LogP contribution >= 0.6 is 11.8 Å². The van der Waals surface area contributed by atoms with Gasteiger partial charge in [-0.3, -0.25) is 4.79 Å². The van der Waals surface area contributed by atoms with E-state index in [0.717, 1.165) is 19.4 Å². The largest absolute Gasteiger partial charge is 0.376 e. The van der Waals surface area contributed by atoms with E-state index in [4.69, 9.17) is 9.47 Å². The first-order valence-corrected chi connectivity index (χ1v) is 9.41. The Bertz CT molecular complexity index is 888. The summed E-state index contributed by atoms with van der Waals surface area (Å²) >= 11 is 1.26. The van der Waals surface area contributed by atoms with Crippen molar-refractivity contribution in [1.29, 1.82) is 5.26 Å². The molecular weight excluding hydrogens is 357 g/mol. The summed E-state index contributed by atoms with van der Waals surface area (Å²) in [6, 6.07) is 6.03. The third kappa shape index (κ3) is 4.12. The van der Waals surface area contributed by atoms with Crippen LogP contribution in [0.1, 0.15) is 24.0 Å². The van der Waals surface area contributed by atoms with Gasteiger partial charge in [-0.05, 0) is 42.9 Å². The molecule has 8 heteroatoms. The van der Waals surface area contributed by atoms with Crippen LogP contribution in [0.2, 0.25) is 0 Å². The van der Waals surface area contributed by atoms with Gasteiger partial charge in [-0.2, -0.15) is 5.26 Å². The van der Waals surface area contributed by atoms with E-state index in [1.165, 1.54) is 30.0 Å². The summed E-state index contributed by atoms with van der Waals surface area (Å²) in [4.78, 5) is 19.0. The van der Waals surface area contributed by atoms with Crippen LogP contribution in [-0.2, 0) is 16.1 Å². The number of nitriles is 1. The van der Waals surface area contributed by atoms with Crippen molar-refractivity contribution >= 4 is 11.8 Å². The fourth-order valence-electron chi connectivity index (χ4n) is 2.84. The van der Waals surface area contributed by atoms with Gasteiger partial charge in [0.1, 0.15) is 17.4 Å². The first kappa shape index (κ1) is 18.6. The number of aromatic nitrogens is 2. The third-order valence-corrected chi connectivity index (χ3v) is 4.69. The molecular formula is C18H18FN3O3S. The highest BCUT2D eigenvalue weighted by molar-refractivity contribution is 7.98. The SMILES string of the molecule is CSc1nc(-c2ccc(F)cc2COCC2CCCO2)c(C#N)c(=O)[nH]1. The highest BCUT2D eigenvalue weighted by Crippen LogP contribution is 2.27. The number of hydrogen-bond acceptors (Lipinski definition) is 6. The number of nitrogens with zero attached hydrogens (tertiary/aromatic N) is 2. The van der Waals surface area contributed by atoms with E-state index in [1.807, 2.05) is 6.07 Å². The molecule has 1 aliphatic rings. The zero-order chi connectivity index (χ0) is 18.5. The Morgan fingerprint density at radius 1 is 1.54 bits per heavy atom. The Balaban J connectivity index is 1.93. The van der Waals surface area contributed by atoms with E-state index in [1.54, 1.807) is 6.26 Å². The van der Waals surface area contributed by atoms with E-state index >= 15 is 0 Å². The highest BCUT2D eigenvalue weighted by atomic mass is 32.2. The minimum atomic E-state index is -0.516. The summed E-state index contributed by atoms with van der Waals surface area (Å²) < 4.78 is 25.0. The molecule has 0 radical (unpaired) electrons. The zero-order valence-electron chi connectivity index (χ0n) is 14.3. The molecule has 1 saturated heterocycles. The van der Waals surface area contributed by atoms with Crippen molar-refractivity contribution in [2.45, 2.75) is 30.7 Å². The second-order valence-corrected chi connectivity index (χ2v) is 6.66. The summed E-state index contributed by atoms with van der Waals surface area (Å²) in [6.45, 7) is 1.29. The van der Waals surface area contributed by atoms with Gasteiger partial charge in [-0.25, -0.2) is 9.37 Å². The van der Waals surface area contributed by atoms with E-state index in [0.29, 0.717) is 22.9 Å². The molecule has 2 aromatic rings. The molecule has 1 unspecified atom stereocenters. The maximum atomic E-state index is 13.8. The maximum Gasteiger partial charge on any atom is 0.270 e. The van der Waals surface area contributed by atoms with Crippen molar-refractivity contribution in [1.82, 2.24) is 9.97 Å². The quantitative estimate of drug-likeness (QED) is 0.617. The number of benzene rings is 1. The van der Waals surface area contributed by atoms with Gasteiger partial charge in [-0.15, -0.1) is 0 Å². The Morgan fingerprint density at radius 2 is 2.38 bits per heavy atom. The number of ether oxygens (including phenoxy) is 2. The van der Waals surface area contributed by atoms with Crippen molar-refractivity contribution in [3.8, 4) is 17.3 Å². The number of H-pyrrole nitrogens is 1. The molecule has 2 heterocycles. The van der Waals surface area contributed by atoms with Crippen molar-refractivity contribution in [2.24, 2.45) is 0 Å². The van der Waals surface area contributed by atoms with Gasteiger partial charge in [0.15, 0.2) is 5.16 Å². The number of thioether (sulfide) groups is 1. The molecule has 1 fully saturated rings. The standard InChI is InChI=1S/C18H18FN3O3S/c1-26-18-21-16(15(8-20)17(23)22-18)14-5-4-12(19)7-11(14)9-24-10-13-3-2-6-25-13/h4-5,7,13H,2-3,6,9-10H2,1H3,(H,21,22,23). The molecule has 0 amide bonds. The van der Waals surface area contributed by atoms with Gasteiger partial charge < -0.3 is 14.5 Å². The molecule has 136 valence electrons. The lowest BCUT2D eigenvalue weighted by Gasteiger charge is -2.14. The second-order valence-electron chi connectivity index (χ2n) is 5.86. The first-order valence-electron chi connectivity index (χ1n) is 8.19. The summed E-state index contributed by atoms with van der Waals surface area (Å²) in [7, 11) is 0. The number of nitrogens with one attached hydrogen (secondary N) is 1. The minimum absolute atomic E-state index is 0.0578. The van der Waals surface area contributed by atoms with Crippen LogP contribution in [0, 0.1) is 17.1 Å². The molecule has 1 aliphatic heterocycles. The molecule has 0 aliphatic carbocycles. The monoisotopic (exact) mass is 375 g/mol. The number of halogens is 1. The van der Waals surface area contributed by atoms with Crippen molar-refractivity contribution < 1.29 is 13.9 Å². The summed E-state index contributed by atoms with van der Waals surface area (Å²) in [5.41, 5.74) is 0.657. The maximum absolute atomic E-state index is 13.8. The van der Waals surface area contributed by atoms with Crippen LogP contribution < -0.4 is 5.56 Å². The average molecular weight is 375 g/mol. The lowest BCUT2D eigenvalue weighted by molar-refractivity contribution is 0.0106. The smallest absolute Gasteiger partial charge is 0.270 e. The van der Waals surface area contributed by atoms with E-state index in [9.17, 15) is 14.4 Å². The zero-order valence-corrected chi connectivity index (χ0v) is 15.1. The normalized spacial score (nSPS) is 16.6. The fourth-order valence-corrected chi connectivity index (χ4v) is 3.21. The highest BCUT2D eigenvalue weighted by Gasteiger charge is 2.19. The van der Waals surface area contributed by atoms with Gasteiger partial charge in [0.2, 0.25) is 0 Å². The first-order chi connectivity index (χ1) is 12.6. The molecule has 1 N–H and O–H groups in total. The van der Waals surface area contributed by atoms with Crippen LogP contribution in [0.5, 0.6) is 0 Å². The molecule has 1 atom stereocenters. The Hall–Kier alpha value is -2.21. The molecule has 1 aromatic heterocycles. The lowest BCUT2D eigenvalue weighted by Crippen LogP contribution is -2.16. The van der Waals surface area contributed by atoms with Gasteiger partial charge in [0.25, 0.3) is 5.56 Å². The van der Waals surface area contributed by atoms with Crippen LogP contribution in [0.25, 0.3) is 11.3 Å². The van der Waals surface area contributed by atoms with Gasteiger partial charge in [0.05, 0.1) is 25.0 Å². The van der Waals surface area contributed by atoms with Crippen LogP contribution in [0.4, 0.5) is 4.39 Å². The molecule has 26 heavy (non-hydrogen) atoms. The Morgan fingerprint density at radius 3 is 3.08 bits per heavy atom. The van der Waals surface area contributed by atoms with E-state index in [-0.39, 0.29) is 24.0 Å². The lowest BCUT2D eigenvalue weighted by atomic mass is 10.0. The molecule has 1 aromatic carbocycles. The summed E-state index contributed by atoms with van der Waals surface area (Å²) in [5.74, 6) is -0.419. The summed E-state index contributed by atoms with van der Waals surface area (Å²) in [6.07, 6.45) is 3.78. The van der Waals surface area contributed by atoms with Crippen LogP contribution in [0.15, 0.2) is 28.2 Å². The summed E-state index contributed by atoms with van der Waals surface area (Å²) in [5, 5.41) is 9.74. The number of hydrogen-bond donors (Lipinski definition) is 1. The Kier molecular flexibility index (Phi) is 6.04. The van der Waals surface area contributed by atoms with Crippen LogP contribution in [-0.4, -0.2) is 35.5 Å². The topological polar surface area (TPSA) is 88.0 Å².